The fourth-order valence-corrected chi connectivity index (χ4v) is 6.03. The summed E-state index contributed by atoms with van der Waals surface area (Å²) in [4.78, 5) is 26.8. The lowest BCUT2D eigenvalue weighted by Gasteiger charge is -2.43. The molecule has 1 aliphatic rings. The summed E-state index contributed by atoms with van der Waals surface area (Å²) in [5, 5.41) is 3.77. The number of phosphoric ester groups is 1. The van der Waals surface area contributed by atoms with Crippen molar-refractivity contribution in [2.75, 3.05) is 12.4 Å². The van der Waals surface area contributed by atoms with Crippen molar-refractivity contribution in [1.29, 1.82) is 0 Å². The molecule has 40 heavy (non-hydrogen) atoms. The van der Waals surface area contributed by atoms with Gasteiger partial charge in [0, 0.05) is 18.8 Å². The number of carbonyl (C=O) groups excluding carboxylic acids is 2. The SMILES string of the molecule is CCS[C@H]1O[C@H](COP(=O)(OCc2ccccc2)OCc2ccccc2)[C@@H](OC(C)=O)[C@H](OC(C)=O)[C@@H]1N=[N+]=[N-]. The van der Waals surface area contributed by atoms with Crippen LogP contribution in [0.5, 0.6) is 0 Å². The normalized spacial score (nSPS) is 22.6. The van der Waals surface area contributed by atoms with Gasteiger partial charge in [-0.3, -0.25) is 23.2 Å². The predicted octanol–water partition coefficient (Wildman–Crippen LogP) is 5.57. The molecule has 0 saturated carbocycles. The molecule has 1 heterocycles. The van der Waals surface area contributed by atoms with Crippen LogP contribution >= 0.6 is 19.6 Å². The average Bonchev–Trinajstić information content (AvgIpc) is 2.94. The van der Waals surface area contributed by atoms with E-state index in [2.05, 4.69) is 10.0 Å². The van der Waals surface area contributed by atoms with Gasteiger partial charge in [0.05, 0.1) is 19.8 Å². The molecule has 12 nitrogen and oxygen atoms in total. The Morgan fingerprint density at radius 3 is 1.93 bits per heavy atom. The van der Waals surface area contributed by atoms with E-state index >= 15 is 0 Å². The zero-order chi connectivity index (χ0) is 29.0. The van der Waals surface area contributed by atoms with Crippen LogP contribution < -0.4 is 0 Å². The van der Waals surface area contributed by atoms with Gasteiger partial charge in [0.15, 0.2) is 12.2 Å². The molecule has 3 rings (SSSR count). The highest BCUT2D eigenvalue weighted by atomic mass is 32.2. The van der Waals surface area contributed by atoms with Crippen molar-refractivity contribution in [1.82, 2.24) is 0 Å². The average molecular weight is 594 g/mol. The molecule has 0 bridgehead atoms. The number of benzene rings is 2. The zero-order valence-electron chi connectivity index (χ0n) is 22.4. The van der Waals surface area contributed by atoms with Crippen LogP contribution in [-0.4, -0.2) is 54.1 Å². The molecule has 14 heteroatoms. The maximum Gasteiger partial charge on any atom is 0.475 e. The maximum absolute atomic E-state index is 13.8. The first-order chi connectivity index (χ1) is 19.2. The van der Waals surface area contributed by atoms with Crippen molar-refractivity contribution in [3.05, 3.63) is 82.2 Å². The molecule has 2 aromatic rings. The van der Waals surface area contributed by atoms with E-state index in [4.69, 9.17) is 33.3 Å². The molecule has 0 spiro atoms. The molecular formula is C26H32N3O9PS. The first-order valence-corrected chi connectivity index (χ1v) is 15.0. The lowest BCUT2D eigenvalue weighted by molar-refractivity contribution is -0.205. The quantitative estimate of drug-likeness (QED) is 0.0893. The molecule has 0 unspecified atom stereocenters. The Labute approximate surface area is 236 Å². The van der Waals surface area contributed by atoms with E-state index in [9.17, 15) is 14.2 Å². The number of azide groups is 1. The molecular weight excluding hydrogens is 561 g/mol. The summed E-state index contributed by atoms with van der Waals surface area (Å²) >= 11 is 1.30. The van der Waals surface area contributed by atoms with Crippen LogP contribution in [-0.2, 0) is 55.1 Å². The Bertz CT molecular complexity index is 1150. The summed E-state index contributed by atoms with van der Waals surface area (Å²) < 4.78 is 47.9. The molecule has 0 amide bonds. The highest BCUT2D eigenvalue weighted by Crippen LogP contribution is 2.51. The number of rotatable bonds is 14. The molecule has 2 aromatic carbocycles. The van der Waals surface area contributed by atoms with Gasteiger partial charge in [-0.2, -0.15) is 0 Å². The topological polar surface area (TPSA) is 155 Å². The fraction of sp³-hybridized carbons (Fsp3) is 0.462. The minimum absolute atomic E-state index is 0.0604. The number of nitrogens with zero attached hydrogens (tertiary/aromatic N) is 3. The fourth-order valence-electron chi connectivity index (χ4n) is 3.90. The first kappa shape index (κ1) is 31.6. The number of hydrogen-bond acceptors (Lipinski definition) is 11. The number of esters is 2. The van der Waals surface area contributed by atoms with Crippen molar-refractivity contribution < 1.29 is 41.9 Å². The van der Waals surface area contributed by atoms with Crippen molar-refractivity contribution >= 4 is 31.5 Å². The highest BCUT2D eigenvalue weighted by Gasteiger charge is 2.50. The summed E-state index contributed by atoms with van der Waals surface area (Å²) in [7, 11) is -4.20. The van der Waals surface area contributed by atoms with Gasteiger partial charge in [0.25, 0.3) is 0 Å². The second kappa shape index (κ2) is 15.8. The molecule has 0 N–H and O–H groups in total. The summed E-state index contributed by atoms with van der Waals surface area (Å²) in [6.45, 7) is 3.69. The number of carbonyl (C=O) groups is 2. The van der Waals surface area contributed by atoms with Gasteiger partial charge in [-0.25, -0.2) is 4.57 Å². The van der Waals surface area contributed by atoms with Crippen LogP contribution in [0.15, 0.2) is 65.8 Å². The van der Waals surface area contributed by atoms with E-state index in [1.54, 1.807) is 24.3 Å². The molecule has 0 radical (unpaired) electrons. The zero-order valence-corrected chi connectivity index (χ0v) is 24.1. The van der Waals surface area contributed by atoms with Crippen molar-refractivity contribution in [3.8, 4) is 0 Å². The van der Waals surface area contributed by atoms with Gasteiger partial charge in [-0.1, -0.05) is 72.7 Å². The Morgan fingerprint density at radius 1 is 0.925 bits per heavy atom. The minimum Gasteiger partial charge on any atom is -0.458 e. The largest absolute Gasteiger partial charge is 0.475 e. The predicted molar refractivity (Wildman–Crippen MR) is 147 cm³/mol. The minimum atomic E-state index is -4.20. The van der Waals surface area contributed by atoms with E-state index in [0.29, 0.717) is 5.75 Å². The number of ether oxygens (including phenoxy) is 3. The van der Waals surface area contributed by atoms with Gasteiger partial charge < -0.3 is 14.2 Å². The molecule has 216 valence electrons. The highest BCUT2D eigenvalue weighted by molar-refractivity contribution is 7.99. The lowest BCUT2D eigenvalue weighted by Crippen LogP contribution is -2.59. The molecule has 0 aromatic heterocycles. The second-order valence-corrected chi connectivity index (χ2v) is 11.6. The van der Waals surface area contributed by atoms with Crippen LogP contribution in [0.3, 0.4) is 0 Å². The smallest absolute Gasteiger partial charge is 0.458 e. The summed E-state index contributed by atoms with van der Waals surface area (Å²) in [5.41, 5.74) is 9.87. The third-order valence-corrected chi connectivity index (χ3v) is 8.00. The van der Waals surface area contributed by atoms with Gasteiger partial charge in [0.2, 0.25) is 0 Å². The Hall–Kier alpha value is -2.89. The first-order valence-electron chi connectivity index (χ1n) is 12.5. The summed E-state index contributed by atoms with van der Waals surface area (Å²) in [6, 6.07) is 17.1. The Morgan fingerprint density at radius 2 is 1.45 bits per heavy atom. The van der Waals surface area contributed by atoms with Crippen LogP contribution in [0.25, 0.3) is 10.4 Å². The lowest BCUT2D eigenvalue weighted by atomic mass is 9.98. The Balaban J connectivity index is 1.86. The summed E-state index contributed by atoms with van der Waals surface area (Å²) in [6.07, 6.45) is -3.49. The van der Waals surface area contributed by atoms with Gasteiger partial charge in [0.1, 0.15) is 17.6 Å². The van der Waals surface area contributed by atoms with Gasteiger partial charge in [-0.05, 0) is 22.4 Å². The molecule has 1 saturated heterocycles. The molecule has 0 aliphatic carbocycles. The van der Waals surface area contributed by atoms with Crippen molar-refractivity contribution in [2.24, 2.45) is 5.11 Å². The maximum atomic E-state index is 13.8. The van der Waals surface area contributed by atoms with Crippen LogP contribution in [0.2, 0.25) is 0 Å². The second-order valence-electron chi connectivity index (χ2n) is 8.60. The van der Waals surface area contributed by atoms with Crippen LogP contribution in [0.1, 0.15) is 31.9 Å². The van der Waals surface area contributed by atoms with E-state index in [1.165, 1.54) is 25.6 Å². The molecule has 5 atom stereocenters. The van der Waals surface area contributed by atoms with E-state index in [-0.39, 0.29) is 13.2 Å². The van der Waals surface area contributed by atoms with Gasteiger partial charge >= 0.3 is 19.8 Å². The Kier molecular flexibility index (Phi) is 12.5. The van der Waals surface area contributed by atoms with Gasteiger partial charge in [-0.15, -0.1) is 11.8 Å². The van der Waals surface area contributed by atoms with E-state index in [0.717, 1.165) is 11.1 Å². The third-order valence-electron chi connectivity index (χ3n) is 5.60. The number of phosphoric acid groups is 1. The van der Waals surface area contributed by atoms with Crippen LogP contribution in [0, 0.1) is 0 Å². The molecule has 1 fully saturated rings. The third kappa shape index (κ3) is 9.64. The number of hydrogen-bond donors (Lipinski definition) is 0. The standard InChI is InChI=1S/C26H32N3O9PS/c1-4-40-26-23(28-29-27)25(37-19(3)31)24(36-18(2)30)22(38-26)17-35-39(32,33-15-20-11-7-5-8-12-20)34-16-21-13-9-6-10-14-21/h5-14,22-26H,4,15-17H2,1-3H3/t22-,23+,24-,25-,26-/m1/s1. The number of thioether (sulfide) groups is 1. The van der Waals surface area contributed by atoms with E-state index < -0.39 is 56.2 Å². The van der Waals surface area contributed by atoms with Crippen molar-refractivity contribution in [3.63, 3.8) is 0 Å². The van der Waals surface area contributed by atoms with Crippen LogP contribution in [0.4, 0.5) is 0 Å². The summed E-state index contributed by atoms with van der Waals surface area (Å²) in [5.74, 6) is -0.800. The van der Waals surface area contributed by atoms with E-state index in [1.807, 2.05) is 43.3 Å². The van der Waals surface area contributed by atoms with Crippen molar-refractivity contribution in [2.45, 2.75) is 63.8 Å². The monoisotopic (exact) mass is 593 g/mol. The molecule has 1 aliphatic heterocycles.